The van der Waals surface area contributed by atoms with E-state index in [1.165, 1.54) is 60.8 Å². The summed E-state index contributed by atoms with van der Waals surface area (Å²) in [5.74, 6) is 0. The second kappa shape index (κ2) is 14.4. The maximum absolute atomic E-state index is 2.46. The lowest BCUT2D eigenvalue weighted by Crippen LogP contribution is -2.09. The zero-order chi connectivity index (χ0) is 37.3. The fourth-order valence-corrected chi connectivity index (χ4v) is 8.14. The molecule has 56 heavy (non-hydrogen) atoms. The predicted molar refractivity (Wildman–Crippen MR) is 237 cm³/mol. The highest BCUT2D eigenvalue weighted by molar-refractivity contribution is 6.14. The van der Waals surface area contributed by atoms with Gasteiger partial charge in [0.1, 0.15) is 0 Å². The second-order valence-corrected chi connectivity index (χ2v) is 14.1. The van der Waals surface area contributed by atoms with Gasteiger partial charge in [0.2, 0.25) is 0 Å². The molecule has 0 radical (unpaired) electrons. The van der Waals surface area contributed by atoms with Crippen molar-refractivity contribution in [3.63, 3.8) is 0 Å². The highest BCUT2D eigenvalue weighted by atomic mass is 15.1. The van der Waals surface area contributed by atoms with Crippen LogP contribution in [0.25, 0.3) is 72.0 Å². The number of anilines is 3. The maximum Gasteiger partial charge on any atom is 0.0619 e. The molecule has 9 aromatic carbocycles. The van der Waals surface area contributed by atoms with Crippen molar-refractivity contribution in [3.05, 3.63) is 231 Å². The molecule has 0 saturated heterocycles. The van der Waals surface area contributed by atoms with Gasteiger partial charge in [-0.25, -0.2) is 0 Å². The molecule has 0 spiro atoms. The Morgan fingerprint density at radius 1 is 0.268 bits per heavy atom. The smallest absolute Gasteiger partial charge is 0.0619 e. The fraction of sp³-hybridized carbons (Fsp3) is 0. The van der Waals surface area contributed by atoms with Crippen LogP contribution in [-0.2, 0) is 0 Å². The number of hydrogen-bond donors (Lipinski definition) is 0. The van der Waals surface area contributed by atoms with Crippen LogP contribution in [0.3, 0.4) is 0 Å². The molecule has 10 aromatic rings. The van der Waals surface area contributed by atoms with Gasteiger partial charge in [-0.2, -0.15) is 0 Å². The predicted octanol–water partition coefficient (Wildman–Crippen LogP) is 14.9. The Balaban J connectivity index is 1.03. The number of benzene rings is 9. The summed E-state index contributed by atoms with van der Waals surface area (Å²) in [5, 5.41) is 2.50. The van der Waals surface area contributed by atoms with Gasteiger partial charge in [-0.05, 0) is 81.9 Å². The molecule has 0 N–H and O–H groups in total. The van der Waals surface area contributed by atoms with Gasteiger partial charge >= 0.3 is 0 Å². The summed E-state index contributed by atoms with van der Waals surface area (Å²) in [6.07, 6.45) is 0. The van der Waals surface area contributed by atoms with E-state index in [2.05, 4.69) is 240 Å². The number of rotatable bonds is 8. The molecular formula is C54H38N2. The SMILES string of the molecule is c1ccc(-c2ccc(-c3ccc(N(c4ccccc4)c4ccc(-c5ccccc5-n5c6ccccc6c6cccc(-c7ccccc7)c65)cc4)cc3)cc2)cc1. The molecule has 0 atom stereocenters. The lowest BCUT2D eigenvalue weighted by molar-refractivity contribution is 1.18. The lowest BCUT2D eigenvalue weighted by Gasteiger charge is -2.26. The highest BCUT2D eigenvalue weighted by Crippen LogP contribution is 2.42. The minimum absolute atomic E-state index is 1.10. The molecule has 0 aliphatic heterocycles. The van der Waals surface area contributed by atoms with Crippen LogP contribution in [0.1, 0.15) is 0 Å². The van der Waals surface area contributed by atoms with Gasteiger partial charge in [0, 0.05) is 39.0 Å². The lowest BCUT2D eigenvalue weighted by atomic mass is 10.00. The van der Waals surface area contributed by atoms with Crippen LogP contribution in [0.15, 0.2) is 231 Å². The fourth-order valence-electron chi connectivity index (χ4n) is 8.14. The van der Waals surface area contributed by atoms with Crippen molar-refractivity contribution in [2.45, 2.75) is 0 Å². The van der Waals surface area contributed by atoms with E-state index in [1.807, 2.05) is 0 Å². The van der Waals surface area contributed by atoms with Crippen molar-refractivity contribution in [2.24, 2.45) is 0 Å². The molecule has 0 saturated carbocycles. The van der Waals surface area contributed by atoms with Crippen LogP contribution in [0.4, 0.5) is 17.1 Å². The summed E-state index contributed by atoms with van der Waals surface area (Å²) in [6, 6.07) is 82.9. The van der Waals surface area contributed by atoms with E-state index in [0.717, 1.165) is 28.3 Å². The molecule has 2 heteroatoms. The van der Waals surface area contributed by atoms with Crippen LogP contribution >= 0.6 is 0 Å². The molecule has 10 rings (SSSR count). The molecule has 0 fully saturated rings. The molecule has 2 nitrogen and oxygen atoms in total. The van der Waals surface area contributed by atoms with Crippen LogP contribution in [-0.4, -0.2) is 4.57 Å². The minimum Gasteiger partial charge on any atom is -0.311 e. The summed E-state index contributed by atoms with van der Waals surface area (Å²) >= 11 is 0. The first-order chi connectivity index (χ1) is 27.8. The zero-order valence-electron chi connectivity index (χ0n) is 30.8. The number of aromatic nitrogens is 1. The van der Waals surface area contributed by atoms with Crippen molar-refractivity contribution in [2.75, 3.05) is 4.90 Å². The number of hydrogen-bond acceptors (Lipinski definition) is 1. The van der Waals surface area contributed by atoms with Gasteiger partial charge < -0.3 is 9.47 Å². The van der Waals surface area contributed by atoms with Crippen molar-refractivity contribution in [1.29, 1.82) is 0 Å². The maximum atomic E-state index is 2.46. The third-order valence-corrected chi connectivity index (χ3v) is 10.8. The average Bonchev–Trinajstić information content (AvgIpc) is 3.63. The molecule has 0 unspecified atom stereocenters. The monoisotopic (exact) mass is 714 g/mol. The molecule has 0 amide bonds. The number of nitrogens with zero attached hydrogens (tertiary/aromatic N) is 2. The van der Waals surface area contributed by atoms with E-state index in [0.29, 0.717) is 0 Å². The summed E-state index contributed by atoms with van der Waals surface area (Å²) in [5.41, 5.74) is 16.5. The number of fused-ring (bicyclic) bond motifs is 3. The van der Waals surface area contributed by atoms with E-state index in [-0.39, 0.29) is 0 Å². The third kappa shape index (κ3) is 6.04. The third-order valence-electron chi connectivity index (χ3n) is 10.8. The largest absolute Gasteiger partial charge is 0.311 e. The molecule has 0 aliphatic carbocycles. The Kier molecular flexibility index (Phi) is 8.55. The summed E-state index contributed by atoms with van der Waals surface area (Å²) in [6.45, 7) is 0. The summed E-state index contributed by atoms with van der Waals surface area (Å²) in [4.78, 5) is 2.33. The van der Waals surface area contributed by atoms with Crippen molar-refractivity contribution >= 4 is 38.9 Å². The van der Waals surface area contributed by atoms with Crippen LogP contribution in [0, 0.1) is 0 Å². The minimum atomic E-state index is 1.10. The molecule has 264 valence electrons. The Morgan fingerprint density at radius 2 is 0.679 bits per heavy atom. The van der Waals surface area contributed by atoms with E-state index < -0.39 is 0 Å². The second-order valence-electron chi connectivity index (χ2n) is 14.1. The first-order valence-electron chi connectivity index (χ1n) is 19.2. The number of para-hydroxylation sites is 4. The van der Waals surface area contributed by atoms with Gasteiger partial charge in [-0.3, -0.25) is 0 Å². The van der Waals surface area contributed by atoms with E-state index >= 15 is 0 Å². The van der Waals surface area contributed by atoms with Crippen molar-refractivity contribution in [3.8, 4) is 50.2 Å². The highest BCUT2D eigenvalue weighted by Gasteiger charge is 2.19. The van der Waals surface area contributed by atoms with Crippen molar-refractivity contribution in [1.82, 2.24) is 4.57 Å². The molecule has 0 bridgehead atoms. The van der Waals surface area contributed by atoms with Gasteiger partial charge in [0.05, 0.1) is 16.7 Å². The van der Waals surface area contributed by atoms with Crippen LogP contribution in [0.5, 0.6) is 0 Å². The Bertz CT molecular complexity index is 2910. The molecular weight excluding hydrogens is 677 g/mol. The normalized spacial score (nSPS) is 11.2. The first-order valence-corrected chi connectivity index (χ1v) is 19.2. The van der Waals surface area contributed by atoms with Gasteiger partial charge in [0.15, 0.2) is 0 Å². The van der Waals surface area contributed by atoms with Crippen LogP contribution in [0.2, 0.25) is 0 Å². The Morgan fingerprint density at radius 3 is 1.32 bits per heavy atom. The zero-order valence-corrected chi connectivity index (χ0v) is 30.8. The van der Waals surface area contributed by atoms with E-state index in [4.69, 9.17) is 0 Å². The first kappa shape index (κ1) is 33.2. The summed E-state index contributed by atoms with van der Waals surface area (Å²) < 4.78 is 2.46. The van der Waals surface area contributed by atoms with Gasteiger partial charge in [0.25, 0.3) is 0 Å². The standard InChI is InChI=1S/C54H38N2/c1-4-15-39(16-5-1)40-27-29-41(30-28-40)42-31-35-46(36-32-42)55(45-19-8-3-9-20-45)47-37-33-44(34-38-47)48-21-10-12-25-52(48)56-53-26-13-11-22-50(53)51-24-14-23-49(54(51)56)43-17-6-2-7-18-43/h1-38H. The van der Waals surface area contributed by atoms with Crippen molar-refractivity contribution < 1.29 is 0 Å². The summed E-state index contributed by atoms with van der Waals surface area (Å²) in [7, 11) is 0. The van der Waals surface area contributed by atoms with E-state index in [1.54, 1.807) is 0 Å². The van der Waals surface area contributed by atoms with Gasteiger partial charge in [-0.1, -0.05) is 182 Å². The quantitative estimate of drug-likeness (QED) is 0.152. The average molecular weight is 715 g/mol. The molecule has 0 aliphatic rings. The van der Waals surface area contributed by atoms with Gasteiger partial charge in [-0.15, -0.1) is 0 Å². The van der Waals surface area contributed by atoms with Crippen LogP contribution < -0.4 is 4.90 Å². The molecule has 1 heterocycles. The Labute approximate surface area is 327 Å². The Hall–Kier alpha value is -7.42. The topological polar surface area (TPSA) is 8.17 Å². The van der Waals surface area contributed by atoms with E-state index in [9.17, 15) is 0 Å². The molecule has 1 aromatic heterocycles.